The van der Waals surface area contributed by atoms with E-state index in [0.29, 0.717) is 35.4 Å². The van der Waals surface area contributed by atoms with Gasteiger partial charge in [-0.1, -0.05) is 53.9 Å². The zero-order chi connectivity index (χ0) is 23.3. The second kappa shape index (κ2) is 8.91. The van der Waals surface area contributed by atoms with Crippen molar-refractivity contribution in [3.8, 4) is 0 Å². The van der Waals surface area contributed by atoms with Crippen LogP contribution in [0.2, 0.25) is 0 Å². The lowest BCUT2D eigenvalue weighted by Crippen LogP contribution is -2.53. The van der Waals surface area contributed by atoms with Crippen molar-refractivity contribution in [1.82, 2.24) is 0 Å². The highest BCUT2D eigenvalue weighted by molar-refractivity contribution is 5.98. The molecule has 0 aromatic rings. The number of hydrogen-bond donors (Lipinski definition) is 0. The van der Waals surface area contributed by atoms with Crippen LogP contribution in [0.3, 0.4) is 0 Å². The Labute approximate surface area is 196 Å². The van der Waals surface area contributed by atoms with Crippen LogP contribution in [-0.4, -0.2) is 17.9 Å². The van der Waals surface area contributed by atoms with E-state index in [2.05, 4.69) is 34.6 Å². The zero-order valence-electron chi connectivity index (χ0n) is 21.4. The molecular weight excluding hydrogens is 396 g/mol. The number of fused-ring (bicyclic) bond motifs is 5. The van der Waals surface area contributed by atoms with Gasteiger partial charge in [0.15, 0.2) is 5.78 Å². The largest absolute Gasteiger partial charge is 0.458 e. The molecule has 0 heterocycles. The Morgan fingerprint density at radius 2 is 1.81 bits per heavy atom. The molecule has 3 fully saturated rings. The lowest BCUT2D eigenvalue weighted by molar-refractivity contribution is -0.146. The third-order valence-electron chi connectivity index (χ3n) is 10.4. The third-order valence-corrected chi connectivity index (χ3v) is 10.4. The van der Waals surface area contributed by atoms with Gasteiger partial charge in [0, 0.05) is 18.9 Å². The lowest BCUT2D eigenvalue weighted by Gasteiger charge is -2.58. The molecule has 3 nitrogen and oxygen atoms in total. The minimum atomic E-state index is -0.246. The molecule has 0 radical (unpaired) electrons. The van der Waals surface area contributed by atoms with Crippen molar-refractivity contribution in [2.45, 2.75) is 112 Å². The second-order valence-electron chi connectivity index (χ2n) is 12.7. The van der Waals surface area contributed by atoms with Crippen molar-refractivity contribution in [2.75, 3.05) is 0 Å². The van der Waals surface area contributed by atoms with Gasteiger partial charge in [0.1, 0.15) is 6.10 Å². The van der Waals surface area contributed by atoms with Gasteiger partial charge >= 0.3 is 5.97 Å². The Morgan fingerprint density at radius 1 is 1.06 bits per heavy atom. The first kappa shape index (κ1) is 24.0. The van der Waals surface area contributed by atoms with Crippen LogP contribution in [0, 0.1) is 46.3 Å². The summed E-state index contributed by atoms with van der Waals surface area (Å²) in [6.07, 6.45) is 13.7. The van der Waals surface area contributed by atoms with Gasteiger partial charge < -0.3 is 4.74 Å². The number of allylic oxidation sites excluding steroid dienone is 1. The Morgan fingerprint density at radius 3 is 2.50 bits per heavy atom. The van der Waals surface area contributed by atoms with Crippen LogP contribution in [0.5, 0.6) is 0 Å². The van der Waals surface area contributed by atoms with Gasteiger partial charge in [0.2, 0.25) is 0 Å². The summed E-state index contributed by atoms with van der Waals surface area (Å²) in [6.45, 7) is 13.6. The maximum absolute atomic E-state index is 13.4. The second-order valence-corrected chi connectivity index (χ2v) is 12.7. The van der Waals surface area contributed by atoms with E-state index in [-0.39, 0.29) is 17.5 Å². The van der Waals surface area contributed by atoms with Crippen LogP contribution in [0.15, 0.2) is 11.6 Å². The van der Waals surface area contributed by atoms with Gasteiger partial charge in [-0.05, 0) is 90.9 Å². The van der Waals surface area contributed by atoms with Gasteiger partial charge in [0.05, 0.1) is 0 Å². The fourth-order valence-electron chi connectivity index (χ4n) is 8.85. The summed E-state index contributed by atoms with van der Waals surface area (Å²) in [7, 11) is 0. The first-order chi connectivity index (χ1) is 15.1. The Hall–Kier alpha value is -1.12. The van der Waals surface area contributed by atoms with Crippen molar-refractivity contribution in [2.24, 2.45) is 46.3 Å². The monoisotopic (exact) mass is 442 g/mol. The quantitative estimate of drug-likeness (QED) is 0.411. The van der Waals surface area contributed by atoms with Crippen LogP contribution in [-0.2, 0) is 14.3 Å². The first-order valence-electron chi connectivity index (χ1n) is 13.5. The molecule has 4 aliphatic rings. The predicted octanol–water partition coefficient (Wildman–Crippen LogP) is 7.14. The SMILES string of the molecule is CC(=O)O[C@@H]1C=C2C(=O)C[C@@H]3[C@H]4CC[C@@H]([C@H](C)CCCC(C)C)[C@@]4(C)CC[C@H]3[C@@]2(C)CC1. The summed E-state index contributed by atoms with van der Waals surface area (Å²) in [4.78, 5) is 24.9. The number of Topliss-reactive ketones (excluding diaryl/α,β-unsaturated/α-hetero) is 1. The average molecular weight is 443 g/mol. The molecule has 0 aromatic carbocycles. The molecule has 4 rings (SSSR count). The number of ether oxygens (including phenoxy) is 1. The van der Waals surface area contributed by atoms with Gasteiger partial charge in [-0.15, -0.1) is 0 Å². The third kappa shape index (κ3) is 4.11. The molecule has 180 valence electrons. The minimum Gasteiger partial charge on any atom is -0.458 e. The fraction of sp³-hybridized carbons (Fsp3) is 0.862. The molecule has 3 saturated carbocycles. The van der Waals surface area contributed by atoms with Crippen LogP contribution in [0.25, 0.3) is 0 Å². The number of hydrogen-bond acceptors (Lipinski definition) is 3. The molecule has 0 saturated heterocycles. The number of esters is 1. The van der Waals surface area contributed by atoms with E-state index in [1.165, 1.54) is 51.9 Å². The maximum atomic E-state index is 13.4. The fourth-order valence-corrected chi connectivity index (χ4v) is 8.85. The Bertz CT molecular complexity index is 766. The van der Waals surface area contributed by atoms with Crippen molar-refractivity contribution >= 4 is 11.8 Å². The van der Waals surface area contributed by atoms with E-state index in [1.54, 1.807) is 0 Å². The van der Waals surface area contributed by atoms with Crippen LogP contribution in [0.4, 0.5) is 0 Å². The molecule has 0 N–H and O–H groups in total. The lowest BCUT2D eigenvalue weighted by atomic mass is 9.46. The number of carbonyl (C=O) groups excluding carboxylic acids is 2. The van der Waals surface area contributed by atoms with E-state index >= 15 is 0 Å². The molecule has 0 aliphatic heterocycles. The van der Waals surface area contributed by atoms with Gasteiger partial charge in [0.25, 0.3) is 0 Å². The first-order valence-corrected chi connectivity index (χ1v) is 13.5. The standard InChI is InChI=1S/C29H46O3/c1-18(2)8-7-9-19(3)23-10-11-24-22-17-27(31)26-16-21(32-20(4)30)12-14-29(26,6)25(22)13-15-28(23,24)5/h16,18-19,21-25H,7-15,17H2,1-6H3/t19-,21+,22-,23+,24-,25-,28-,29-/m1/s1. The van der Waals surface area contributed by atoms with Crippen molar-refractivity contribution in [1.29, 1.82) is 0 Å². The highest BCUT2D eigenvalue weighted by Crippen LogP contribution is 2.67. The molecule has 8 atom stereocenters. The molecule has 0 aromatic heterocycles. The normalized spacial score (nSPS) is 42.0. The predicted molar refractivity (Wildman–Crippen MR) is 129 cm³/mol. The molecule has 3 heteroatoms. The summed E-state index contributed by atoms with van der Waals surface area (Å²) < 4.78 is 5.47. The number of ketones is 1. The van der Waals surface area contributed by atoms with Crippen LogP contribution >= 0.6 is 0 Å². The molecule has 0 spiro atoms. The van der Waals surface area contributed by atoms with E-state index in [4.69, 9.17) is 4.74 Å². The summed E-state index contributed by atoms with van der Waals surface area (Å²) in [5, 5.41) is 0. The molecular formula is C29H46O3. The Kier molecular flexibility index (Phi) is 6.69. The van der Waals surface area contributed by atoms with Crippen molar-refractivity contribution in [3.63, 3.8) is 0 Å². The average Bonchev–Trinajstić information content (AvgIpc) is 3.06. The smallest absolute Gasteiger partial charge is 0.303 e. The molecule has 32 heavy (non-hydrogen) atoms. The van der Waals surface area contributed by atoms with Crippen molar-refractivity contribution in [3.05, 3.63) is 11.6 Å². The highest BCUT2D eigenvalue weighted by atomic mass is 16.5. The van der Waals surface area contributed by atoms with Crippen LogP contribution < -0.4 is 0 Å². The number of rotatable bonds is 6. The molecule has 0 amide bonds. The molecule has 0 bridgehead atoms. The minimum absolute atomic E-state index is 0.0288. The number of carbonyl (C=O) groups is 2. The highest BCUT2D eigenvalue weighted by Gasteiger charge is 2.61. The van der Waals surface area contributed by atoms with Crippen LogP contribution in [0.1, 0.15) is 106 Å². The summed E-state index contributed by atoms with van der Waals surface area (Å²) in [6, 6.07) is 0. The Balaban J connectivity index is 1.52. The zero-order valence-corrected chi connectivity index (χ0v) is 21.4. The summed E-state index contributed by atoms with van der Waals surface area (Å²) in [5.41, 5.74) is 1.36. The van der Waals surface area contributed by atoms with Gasteiger partial charge in [-0.2, -0.15) is 0 Å². The topological polar surface area (TPSA) is 43.4 Å². The van der Waals surface area contributed by atoms with E-state index in [9.17, 15) is 9.59 Å². The van der Waals surface area contributed by atoms with E-state index < -0.39 is 0 Å². The van der Waals surface area contributed by atoms with E-state index in [1.807, 2.05) is 6.08 Å². The van der Waals surface area contributed by atoms with Gasteiger partial charge in [-0.3, -0.25) is 9.59 Å². The maximum Gasteiger partial charge on any atom is 0.303 e. The van der Waals surface area contributed by atoms with Crippen molar-refractivity contribution < 1.29 is 14.3 Å². The van der Waals surface area contributed by atoms with E-state index in [0.717, 1.165) is 36.2 Å². The summed E-state index contributed by atoms with van der Waals surface area (Å²) in [5.74, 6) is 4.36. The summed E-state index contributed by atoms with van der Waals surface area (Å²) >= 11 is 0. The molecule has 4 aliphatic carbocycles. The molecule has 0 unspecified atom stereocenters. The van der Waals surface area contributed by atoms with Gasteiger partial charge in [-0.25, -0.2) is 0 Å².